The van der Waals surface area contributed by atoms with Crippen LogP contribution >= 0.6 is 27.5 Å². The van der Waals surface area contributed by atoms with Crippen molar-refractivity contribution in [2.24, 2.45) is 5.41 Å². The molecule has 2 atom stereocenters. The van der Waals surface area contributed by atoms with E-state index in [2.05, 4.69) is 33.3 Å². The van der Waals surface area contributed by atoms with E-state index in [1.54, 1.807) is 11.5 Å². The van der Waals surface area contributed by atoms with Crippen molar-refractivity contribution in [1.29, 1.82) is 0 Å². The highest BCUT2D eigenvalue weighted by atomic mass is 79.9. The van der Waals surface area contributed by atoms with Gasteiger partial charge in [0.15, 0.2) is 0 Å². The Kier molecular flexibility index (Phi) is 3.24. The highest BCUT2D eigenvalue weighted by molar-refractivity contribution is 9.09. The Balaban J connectivity index is 2.13. The maximum atomic E-state index is 5.66. The molecule has 0 amide bonds. The zero-order valence-corrected chi connectivity index (χ0v) is 10.6. The first kappa shape index (κ1) is 10.6. The predicted octanol–water partition coefficient (Wildman–Crippen LogP) is 2.88. The summed E-state index contributed by atoms with van der Waals surface area (Å²) >= 11 is 5.22. The fraction of sp³-hybridized carbons (Fsp3) is 0.700. The molecule has 0 spiro atoms. The molecule has 1 aliphatic rings. The molecule has 0 radical (unpaired) electrons. The van der Waals surface area contributed by atoms with Crippen LogP contribution in [0.2, 0.25) is 0 Å². The van der Waals surface area contributed by atoms with E-state index in [1.807, 2.05) is 6.20 Å². The van der Waals surface area contributed by atoms with Crippen LogP contribution in [0.25, 0.3) is 0 Å². The number of alkyl halides is 1. The van der Waals surface area contributed by atoms with Gasteiger partial charge in [-0.3, -0.25) is 0 Å². The number of hydrogen-bond donors (Lipinski definition) is 0. The molecule has 2 nitrogen and oxygen atoms in total. The normalized spacial score (nSPS) is 32.3. The molecule has 4 heteroatoms. The Labute approximate surface area is 97.0 Å². The number of ether oxygens (including phenoxy) is 1. The Morgan fingerprint density at radius 1 is 1.79 bits per heavy atom. The van der Waals surface area contributed by atoms with Crippen molar-refractivity contribution in [3.05, 3.63) is 17.1 Å². The van der Waals surface area contributed by atoms with E-state index in [9.17, 15) is 0 Å². The maximum absolute atomic E-state index is 5.66. The van der Waals surface area contributed by atoms with Gasteiger partial charge in [-0.15, -0.1) is 0 Å². The maximum Gasteiger partial charge on any atom is 0.0615 e. The molecule has 2 rings (SSSR count). The molecule has 1 saturated heterocycles. The van der Waals surface area contributed by atoms with Gasteiger partial charge in [0.2, 0.25) is 0 Å². The van der Waals surface area contributed by atoms with Gasteiger partial charge >= 0.3 is 0 Å². The van der Waals surface area contributed by atoms with Crippen LogP contribution in [0.3, 0.4) is 0 Å². The molecule has 1 aromatic rings. The summed E-state index contributed by atoms with van der Waals surface area (Å²) in [5.41, 5.74) is 0.284. The molecule has 78 valence electrons. The summed E-state index contributed by atoms with van der Waals surface area (Å²) < 4.78 is 9.80. The molecule has 1 aliphatic heterocycles. The largest absolute Gasteiger partial charge is 0.378 e. The van der Waals surface area contributed by atoms with E-state index < -0.39 is 0 Å². The molecule has 1 aromatic heterocycles. The average Bonchev–Trinajstić information content (AvgIpc) is 2.79. The lowest BCUT2D eigenvalue weighted by molar-refractivity contribution is 0.0750. The standard InChI is InChI=1S/C10H14BrNOS/c1-8-10(7-11,3-5-13-8)6-9-2-4-12-14-9/h2,4,8H,3,5-7H2,1H3. The zero-order valence-electron chi connectivity index (χ0n) is 8.20. The summed E-state index contributed by atoms with van der Waals surface area (Å²) in [4.78, 5) is 1.36. The molecule has 0 N–H and O–H groups in total. The van der Waals surface area contributed by atoms with Crippen molar-refractivity contribution in [3.8, 4) is 0 Å². The van der Waals surface area contributed by atoms with Gasteiger partial charge in [-0.1, -0.05) is 15.9 Å². The van der Waals surface area contributed by atoms with Gasteiger partial charge in [-0.2, -0.15) is 0 Å². The minimum atomic E-state index is 0.284. The molecule has 0 aliphatic carbocycles. The SMILES string of the molecule is CC1OCCC1(CBr)Cc1ccns1. The minimum Gasteiger partial charge on any atom is -0.378 e. The second-order valence-corrected chi connectivity index (χ2v) is 5.39. The third-order valence-corrected chi connectivity index (χ3v) is 4.97. The topological polar surface area (TPSA) is 22.1 Å². The first-order valence-corrected chi connectivity index (χ1v) is 6.73. The van der Waals surface area contributed by atoms with Gasteiger partial charge < -0.3 is 4.74 Å². The molecule has 1 fully saturated rings. The van der Waals surface area contributed by atoms with E-state index >= 15 is 0 Å². The van der Waals surface area contributed by atoms with Crippen LogP contribution in [0.15, 0.2) is 12.3 Å². The first-order chi connectivity index (χ1) is 6.77. The van der Waals surface area contributed by atoms with E-state index in [0.29, 0.717) is 6.10 Å². The van der Waals surface area contributed by atoms with Gasteiger partial charge in [0, 0.05) is 28.4 Å². The lowest BCUT2D eigenvalue weighted by atomic mass is 9.80. The van der Waals surface area contributed by atoms with Crippen LogP contribution in [0, 0.1) is 5.41 Å². The second-order valence-electron chi connectivity index (χ2n) is 3.91. The third kappa shape index (κ3) is 1.88. The molecule has 0 bridgehead atoms. The van der Waals surface area contributed by atoms with E-state index in [-0.39, 0.29) is 5.41 Å². The monoisotopic (exact) mass is 275 g/mol. The quantitative estimate of drug-likeness (QED) is 0.792. The molecule has 0 saturated carbocycles. The second kappa shape index (κ2) is 4.29. The van der Waals surface area contributed by atoms with Crippen LogP contribution in [-0.2, 0) is 11.2 Å². The lowest BCUT2D eigenvalue weighted by Crippen LogP contribution is -2.32. The Morgan fingerprint density at radius 2 is 2.64 bits per heavy atom. The fourth-order valence-electron chi connectivity index (χ4n) is 1.95. The van der Waals surface area contributed by atoms with Gasteiger partial charge in [0.05, 0.1) is 6.10 Å². The molecular formula is C10H14BrNOS. The number of hydrogen-bond acceptors (Lipinski definition) is 3. The molecule has 0 aromatic carbocycles. The molecule has 2 unspecified atom stereocenters. The molecule has 2 heterocycles. The van der Waals surface area contributed by atoms with Crippen molar-refractivity contribution >= 4 is 27.5 Å². The average molecular weight is 276 g/mol. The van der Waals surface area contributed by atoms with Crippen LogP contribution in [-0.4, -0.2) is 22.4 Å². The van der Waals surface area contributed by atoms with Crippen LogP contribution in [0.1, 0.15) is 18.2 Å². The van der Waals surface area contributed by atoms with Crippen LogP contribution in [0.4, 0.5) is 0 Å². The lowest BCUT2D eigenvalue weighted by Gasteiger charge is -2.29. The Bertz CT molecular complexity index is 290. The summed E-state index contributed by atoms with van der Waals surface area (Å²) in [6, 6.07) is 2.11. The number of halogens is 1. The van der Waals surface area contributed by atoms with Gasteiger partial charge in [-0.05, 0) is 37.4 Å². The summed E-state index contributed by atoms with van der Waals surface area (Å²) in [5, 5.41) is 1.01. The smallest absolute Gasteiger partial charge is 0.0615 e. The Morgan fingerprint density at radius 3 is 3.14 bits per heavy atom. The van der Waals surface area contributed by atoms with Gasteiger partial charge in [-0.25, -0.2) is 4.37 Å². The third-order valence-electron chi connectivity index (χ3n) is 3.11. The number of rotatable bonds is 3. The molecule has 14 heavy (non-hydrogen) atoms. The number of aromatic nitrogens is 1. The van der Waals surface area contributed by atoms with Gasteiger partial charge in [0.1, 0.15) is 0 Å². The molecular weight excluding hydrogens is 262 g/mol. The van der Waals surface area contributed by atoms with Crippen molar-refractivity contribution in [2.45, 2.75) is 25.9 Å². The fourth-order valence-corrected chi connectivity index (χ4v) is 3.62. The van der Waals surface area contributed by atoms with Crippen LogP contribution in [0.5, 0.6) is 0 Å². The van der Waals surface area contributed by atoms with Crippen molar-refractivity contribution in [2.75, 3.05) is 11.9 Å². The van der Waals surface area contributed by atoms with Crippen molar-refractivity contribution < 1.29 is 4.74 Å². The minimum absolute atomic E-state index is 0.284. The summed E-state index contributed by atoms with van der Waals surface area (Å²) in [7, 11) is 0. The van der Waals surface area contributed by atoms with Crippen molar-refractivity contribution in [3.63, 3.8) is 0 Å². The highest BCUT2D eigenvalue weighted by Gasteiger charge is 2.40. The van der Waals surface area contributed by atoms with Crippen LogP contribution < -0.4 is 0 Å². The highest BCUT2D eigenvalue weighted by Crippen LogP contribution is 2.40. The van der Waals surface area contributed by atoms with E-state index in [1.165, 1.54) is 4.88 Å². The van der Waals surface area contributed by atoms with Crippen molar-refractivity contribution in [1.82, 2.24) is 4.37 Å². The van der Waals surface area contributed by atoms with E-state index in [4.69, 9.17) is 4.74 Å². The Hall–Kier alpha value is 0.0700. The number of nitrogens with zero attached hydrogens (tertiary/aromatic N) is 1. The summed E-state index contributed by atoms with van der Waals surface area (Å²) in [5.74, 6) is 0. The summed E-state index contributed by atoms with van der Waals surface area (Å²) in [6.07, 6.45) is 4.47. The zero-order chi connectivity index (χ0) is 10.0. The predicted molar refractivity (Wildman–Crippen MR) is 62.1 cm³/mol. The summed E-state index contributed by atoms with van der Waals surface area (Å²) in [6.45, 7) is 3.07. The van der Waals surface area contributed by atoms with Gasteiger partial charge in [0.25, 0.3) is 0 Å². The first-order valence-electron chi connectivity index (χ1n) is 4.84. The van der Waals surface area contributed by atoms with E-state index in [0.717, 1.165) is 24.8 Å².